The molecule has 1 aliphatic heterocycles. The van der Waals surface area contributed by atoms with Gasteiger partial charge in [0.25, 0.3) is 5.91 Å². The fourth-order valence-corrected chi connectivity index (χ4v) is 2.80. The summed E-state index contributed by atoms with van der Waals surface area (Å²) in [6, 6.07) is 5.27. The van der Waals surface area contributed by atoms with Crippen LogP contribution in [-0.2, 0) is 0 Å². The number of nitrogens with zero attached hydrogens (tertiary/aromatic N) is 3. The van der Waals surface area contributed by atoms with Crippen LogP contribution in [0.25, 0.3) is 0 Å². The van der Waals surface area contributed by atoms with Gasteiger partial charge in [-0.25, -0.2) is 4.79 Å². The highest BCUT2D eigenvalue weighted by atomic mass is 79.9. The van der Waals surface area contributed by atoms with Gasteiger partial charge in [-0.3, -0.25) is 4.79 Å². The third kappa shape index (κ3) is 3.49. The van der Waals surface area contributed by atoms with Crippen molar-refractivity contribution in [3.05, 3.63) is 33.3 Å². The van der Waals surface area contributed by atoms with E-state index in [1.165, 1.54) is 0 Å². The summed E-state index contributed by atoms with van der Waals surface area (Å²) < 4.78 is 0.705. The van der Waals surface area contributed by atoms with Crippen molar-refractivity contribution in [2.75, 3.05) is 40.3 Å². The molecular weight excluding hydrogens is 358 g/mol. The zero-order valence-corrected chi connectivity index (χ0v) is 14.3. The third-order valence-corrected chi connectivity index (χ3v) is 4.70. The molecule has 1 saturated heterocycles. The summed E-state index contributed by atoms with van der Waals surface area (Å²) in [6.07, 6.45) is 0. The van der Waals surface area contributed by atoms with Crippen LogP contribution in [0.5, 0.6) is 0 Å². The van der Waals surface area contributed by atoms with Crippen molar-refractivity contribution in [1.29, 1.82) is 0 Å². The summed E-state index contributed by atoms with van der Waals surface area (Å²) >= 11 is 9.48. The van der Waals surface area contributed by atoms with Crippen molar-refractivity contribution in [3.8, 4) is 0 Å². The normalized spacial score (nSPS) is 15.0. The predicted octanol–water partition coefficient (Wildman–Crippen LogP) is 2.54. The van der Waals surface area contributed by atoms with Crippen LogP contribution in [0.1, 0.15) is 10.4 Å². The van der Waals surface area contributed by atoms with E-state index in [1.54, 1.807) is 47.0 Å². The number of hydrogen-bond donors (Lipinski definition) is 0. The first-order valence-electron chi connectivity index (χ1n) is 6.61. The second-order valence-electron chi connectivity index (χ2n) is 5.06. The van der Waals surface area contributed by atoms with E-state index in [-0.39, 0.29) is 11.9 Å². The van der Waals surface area contributed by atoms with Gasteiger partial charge >= 0.3 is 6.03 Å². The zero-order chi connectivity index (χ0) is 15.6. The number of carbonyl (C=O) groups excluding carboxylic acids is 2. The number of rotatable bonds is 1. The van der Waals surface area contributed by atoms with Crippen molar-refractivity contribution < 1.29 is 9.59 Å². The first-order chi connectivity index (χ1) is 9.91. The highest BCUT2D eigenvalue weighted by Crippen LogP contribution is 2.27. The van der Waals surface area contributed by atoms with Crippen LogP contribution in [0.15, 0.2) is 22.7 Å². The Bertz CT molecular complexity index is 557. The Morgan fingerprint density at radius 3 is 2.29 bits per heavy atom. The molecule has 0 spiro atoms. The van der Waals surface area contributed by atoms with Crippen molar-refractivity contribution >= 4 is 39.5 Å². The van der Waals surface area contributed by atoms with E-state index in [2.05, 4.69) is 15.9 Å². The van der Waals surface area contributed by atoms with Gasteiger partial charge < -0.3 is 14.7 Å². The van der Waals surface area contributed by atoms with Gasteiger partial charge in [0.15, 0.2) is 0 Å². The molecule has 0 N–H and O–H groups in total. The number of carbonyl (C=O) groups is 2. The van der Waals surface area contributed by atoms with Gasteiger partial charge in [-0.05, 0) is 28.1 Å². The lowest BCUT2D eigenvalue weighted by atomic mass is 10.2. The molecule has 1 heterocycles. The molecule has 0 aliphatic carbocycles. The zero-order valence-electron chi connectivity index (χ0n) is 12.0. The van der Waals surface area contributed by atoms with Crippen LogP contribution in [0.4, 0.5) is 4.79 Å². The van der Waals surface area contributed by atoms with Crippen molar-refractivity contribution in [1.82, 2.24) is 14.7 Å². The molecule has 0 bridgehead atoms. The Morgan fingerprint density at radius 2 is 1.71 bits per heavy atom. The van der Waals surface area contributed by atoms with E-state index >= 15 is 0 Å². The van der Waals surface area contributed by atoms with Gasteiger partial charge in [0.1, 0.15) is 0 Å². The molecule has 0 unspecified atom stereocenters. The summed E-state index contributed by atoms with van der Waals surface area (Å²) in [6.45, 7) is 2.10. The second-order valence-corrected chi connectivity index (χ2v) is 6.29. The Kier molecular flexibility index (Phi) is 5.11. The number of urea groups is 1. The average Bonchev–Trinajstić information content (AvgIpc) is 2.48. The van der Waals surface area contributed by atoms with Gasteiger partial charge in [0, 0.05) is 44.7 Å². The molecule has 1 fully saturated rings. The molecule has 0 saturated carbocycles. The first kappa shape index (κ1) is 16.1. The molecule has 0 radical (unpaired) electrons. The Hall–Kier alpha value is -1.27. The van der Waals surface area contributed by atoms with E-state index in [0.29, 0.717) is 41.2 Å². The van der Waals surface area contributed by atoms with Crippen LogP contribution < -0.4 is 0 Å². The summed E-state index contributed by atoms with van der Waals surface area (Å²) in [4.78, 5) is 29.4. The van der Waals surface area contributed by atoms with Gasteiger partial charge in [-0.15, -0.1) is 0 Å². The van der Waals surface area contributed by atoms with Crippen LogP contribution in [0.2, 0.25) is 5.02 Å². The molecule has 1 aliphatic rings. The highest BCUT2D eigenvalue weighted by Gasteiger charge is 2.26. The van der Waals surface area contributed by atoms with Crippen molar-refractivity contribution in [3.63, 3.8) is 0 Å². The molecule has 7 heteroatoms. The molecule has 1 aromatic rings. The summed E-state index contributed by atoms with van der Waals surface area (Å²) in [7, 11) is 3.45. The molecule has 114 valence electrons. The Morgan fingerprint density at radius 1 is 1.14 bits per heavy atom. The molecule has 21 heavy (non-hydrogen) atoms. The maximum atomic E-state index is 12.5. The predicted molar refractivity (Wildman–Crippen MR) is 85.7 cm³/mol. The third-order valence-electron chi connectivity index (χ3n) is 3.40. The fraction of sp³-hybridized carbons (Fsp3) is 0.429. The Labute approximate surface area is 137 Å². The number of piperazine rings is 1. The maximum Gasteiger partial charge on any atom is 0.319 e. The molecular formula is C14H17BrClN3O2. The molecule has 1 aromatic carbocycles. The van der Waals surface area contributed by atoms with Gasteiger partial charge in [-0.1, -0.05) is 17.7 Å². The molecule has 2 rings (SSSR count). The standard InChI is InChI=1S/C14H17BrClN3O2/c1-17(2)14(21)19-8-6-18(7-9-19)13(20)10-4-3-5-11(15)12(10)16/h3-5H,6-9H2,1-2H3. The van der Waals surface area contributed by atoms with Crippen molar-refractivity contribution in [2.24, 2.45) is 0 Å². The monoisotopic (exact) mass is 373 g/mol. The number of hydrogen-bond acceptors (Lipinski definition) is 2. The van der Waals surface area contributed by atoms with Crippen LogP contribution >= 0.6 is 27.5 Å². The summed E-state index contributed by atoms with van der Waals surface area (Å²) in [5, 5.41) is 0.425. The van der Waals surface area contributed by atoms with Gasteiger partial charge in [-0.2, -0.15) is 0 Å². The van der Waals surface area contributed by atoms with Crippen LogP contribution in [-0.4, -0.2) is 66.9 Å². The smallest absolute Gasteiger partial charge is 0.319 e. The Balaban J connectivity index is 2.04. The van der Waals surface area contributed by atoms with E-state index in [0.717, 1.165) is 0 Å². The quantitative estimate of drug-likeness (QED) is 0.758. The fourth-order valence-electron chi connectivity index (χ4n) is 2.22. The highest BCUT2D eigenvalue weighted by molar-refractivity contribution is 9.10. The van der Waals surface area contributed by atoms with Gasteiger partial charge in [0.2, 0.25) is 0 Å². The summed E-state index contributed by atoms with van der Waals surface area (Å²) in [5.41, 5.74) is 0.485. The maximum absolute atomic E-state index is 12.5. The number of benzene rings is 1. The largest absolute Gasteiger partial charge is 0.335 e. The number of amides is 3. The van der Waals surface area contributed by atoms with E-state index in [9.17, 15) is 9.59 Å². The minimum Gasteiger partial charge on any atom is -0.335 e. The minimum atomic E-state index is -0.0988. The summed E-state index contributed by atoms with van der Waals surface area (Å²) in [5.74, 6) is -0.0988. The average molecular weight is 375 g/mol. The molecule has 5 nitrogen and oxygen atoms in total. The molecule has 3 amide bonds. The van der Waals surface area contributed by atoms with Crippen molar-refractivity contribution in [2.45, 2.75) is 0 Å². The lowest BCUT2D eigenvalue weighted by Gasteiger charge is -2.36. The SMILES string of the molecule is CN(C)C(=O)N1CCN(C(=O)c2cccc(Br)c2Cl)CC1. The lowest BCUT2D eigenvalue weighted by Crippen LogP contribution is -2.52. The minimum absolute atomic E-state index is 0.0254. The first-order valence-corrected chi connectivity index (χ1v) is 7.78. The van der Waals surface area contributed by atoms with E-state index in [1.807, 2.05) is 0 Å². The van der Waals surface area contributed by atoms with Crippen LogP contribution in [0, 0.1) is 0 Å². The molecule has 0 atom stereocenters. The topological polar surface area (TPSA) is 43.9 Å². The second kappa shape index (κ2) is 6.66. The number of halogens is 2. The van der Waals surface area contributed by atoms with Crippen LogP contribution in [0.3, 0.4) is 0 Å². The van der Waals surface area contributed by atoms with E-state index in [4.69, 9.17) is 11.6 Å². The van der Waals surface area contributed by atoms with E-state index < -0.39 is 0 Å². The van der Waals surface area contributed by atoms with Gasteiger partial charge in [0.05, 0.1) is 10.6 Å². The molecule has 0 aromatic heterocycles. The lowest BCUT2D eigenvalue weighted by molar-refractivity contribution is 0.0650.